The summed E-state index contributed by atoms with van der Waals surface area (Å²) in [5.41, 5.74) is 1.52. The molecule has 0 aliphatic rings. The number of nitrogens with one attached hydrogen (secondary N) is 3. The highest BCUT2D eigenvalue weighted by Crippen LogP contribution is 2.22. The molecule has 2 aromatic heterocycles. The lowest BCUT2D eigenvalue weighted by Crippen LogP contribution is -2.28. The minimum Gasteiger partial charge on any atom is -0.346 e. The monoisotopic (exact) mass is 424 g/mol. The number of carbonyl (C=O) groups excluding carboxylic acids is 1. The lowest BCUT2D eigenvalue weighted by molar-refractivity contribution is 0.0891. The summed E-state index contributed by atoms with van der Waals surface area (Å²) in [5, 5.41) is 11.1. The highest BCUT2D eigenvalue weighted by atomic mass is 19.3. The van der Waals surface area contributed by atoms with E-state index in [1.165, 1.54) is 12.1 Å². The quantitative estimate of drug-likeness (QED) is 0.441. The lowest BCUT2D eigenvalue weighted by atomic mass is 10.1. The second kappa shape index (κ2) is 8.34. The van der Waals surface area contributed by atoms with Gasteiger partial charge in [0.05, 0.1) is 6.54 Å². The van der Waals surface area contributed by atoms with Gasteiger partial charge in [-0.05, 0) is 41.8 Å². The van der Waals surface area contributed by atoms with Gasteiger partial charge in [-0.2, -0.15) is 4.98 Å². The first-order chi connectivity index (χ1) is 14.9. The van der Waals surface area contributed by atoms with Crippen LogP contribution in [0.15, 0.2) is 59.5 Å². The smallest absolute Gasteiger partial charge is 0.255 e. The number of benzene rings is 2. The summed E-state index contributed by atoms with van der Waals surface area (Å²) in [5.74, 6) is 0.345. The largest absolute Gasteiger partial charge is 0.346 e. The number of halogens is 2. The van der Waals surface area contributed by atoms with Crippen molar-refractivity contribution in [3.8, 4) is 11.4 Å². The van der Waals surface area contributed by atoms with Crippen molar-refractivity contribution in [1.29, 1.82) is 0 Å². The van der Waals surface area contributed by atoms with Gasteiger partial charge in [0.15, 0.2) is 5.82 Å². The summed E-state index contributed by atoms with van der Waals surface area (Å²) in [7, 11) is 1.73. The number of H-pyrrole nitrogens is 1. The number of pyridine rings is 1. The Balaban J connectivity index is 1.52. The van der Waals surface area contributed by atoms with Crippen LogP contribution in [0.4, 0.5) is 20.4 Å². The number of rotatable bonds is 6. The molecule has 1 amide bonds. The van der Waals surface area contributed by atoms with Gasteiger partial charge in [-0.15, -0.1) is 5.10 Å². The number of aryl methyl sites for hydroxylation is 1. The first kappa shape index (κ1) is 20.2. The van der Waals surface area contributed by atoms with E-state index < -0.39 is 18.9 Å². The van der Waals surface area contributed by atoms with Gasteiger partial charge in [0, 0.05) is 35.4 Å². The molecule has 8 nitrogen and oxygen atoms in total. The molecule has 31 heavy (non-hydrogen) atoms. The zero-order valence-corrected chi connectivity index (χ0v) is 16.4. The van der Waals surface area contributed by atoms with E-state index >= 15 is 0 Å². The van der Waals surface area contributed by atoms with Gasteiger partial charge in [-0.3, -0.25) is 9.59 Å². The lowest BCUT2D eigenvalue weighted by Gasteiger charge is -2.06. The van der Waals surface area contributed by atoms with Gasteiger partial charge in [0.2, 0.25) is 5.95 Å². The number of hydrogen-bond acceptors (Lipinski definition) is 5. The standard InChI is InChI=1S/C21H18F2N6O2/c1-29-21(26-15-6-7-16-14(10-15)8-9-24-20(16)31)27-18(28-29)12-2-4-13(5-3-12)19(30)25-11-17(22)23/h2-10,17H,11H2,1H3,(H,24,31)(H,25,30)(H,26,27,28). The van der Waals surface area contributed by atoms with Crippen LogP contribution in [-0.4, -0.2) is 38.6 Å². The number of hydrogen-bond donors (Lipinski definition) is 3. The molecule has 0 unspecified atom stereocenters. The molecule has 0 aliphatic heterocycles. The van der Waals surface area contributed by atoms with Gasteiger partial charge in [-0.25, -0.2) is 13.5 Å². The SMILES string of the molecule is Cn1nc(-c2ccc(C(=O)NCC(F)F)cc2)nc1Nc1ccc2c(=O)[nH]ccc2c1. The number of amides is 1. The van der Waals surface area contributed by atoms with Crippen LogP contribution in [0.3, 0.4) is 0 Å². The number of aromatic nitrogens is 4. The summed E-state index contributed by atoms with van der Waals surface area (Å²) < 4.78 is 26.0. The molecule has 0 saturated heterocycles. The fourth-order valence-corrected chi connectivity index (χ4v) is 3.06. The number of aromatic amines is 1. The Morgan fingerprint density at radius 2 is 1.94 bits per heavy atom. The molecule has 0 spiro atoms. The zero-order chi connectivity index (χ0) is 22.0. The highest BCUT2D eigenvalue weighted by molar-refractivity contribution is 5.94. The van der Waals surface area contributed by atoms with Crippen LogP contribution in [0.1, 0.15) is 10.4 Å². The van der Waals surface area contributed by atoms with Crippen molar-refractivity contribution in [2.24, 2.45) is 7.05 Å². The summed E-state index contributed by atoms with van der Waals surface area (Å²) in [6.45, 7) is -0.694. The van der Waals surface area contributed by atoms with E-state index in [0.29, 0.717) is 22.7 Å². The topological polar surface area (TPSA) is 105 Å². The molecule has 10 heteroatoms. The zero-order valence-electron chi connectivity index (χ0n) is 16.4. The van der Waals surface area contributed by atoms with Crippen molar-refractivity contribution in [2.45, 2.75) is 6.43 Å². The molecular formula is C21H18F2N6O2. The average molecular weight is 424 g/mol. The third-order valence-corrected chi connectivity index (χ3v) is 4.61. The van der Waals surface area contributed by atoms with Gasteiger partial charge in [-0.1, -0.05) is 12.1 Å². The molecule has 2 heterocycles. The Bertz CT molecular complexity index is 1300. The second-order valence-electron chi connectivity index (χ2n) is 6.79. The normalized spacial score (nSPS) is 11.1. The molecule has 2 aromatic carbocycles. The molecule has 4 rings (SSSR count). The molecule has 0 saturated carbocycles. The Kier molecular flexibility index (Phi) is 5.44. The molecule has 3 N–H and O–H groups in total. The minimum absolute atomic E-state index is 0.156. The van der Waals surface area contributed by atoms with Crippen molar-refractivity contribution >= 4 is 28.3 Å². The first-order valence-electron chi connectivity index (χ1n) is 9.37. The maximum Gasteiger partial charge on any atom is 0.255 e. The Morgan fingerprint density at radius 3 is 2.68 bits per heavy atom. The summed E-state index contributed by atoms with van der Waals surface area (Å²) in [6, 6.07) is 13.5. The summed E-state index contributed by atoms with van der Waals surface area (Å²) >= 11 is 0. The predicted molar refractivity (Wildman–Crippen MR) is 113 cm³/mol. The van der Waals surface area contributed by atoms with Crippen molar-refractivity contribution in [1.82, 2.24) is 25.1 Å². The molecule has 158 valence electrons. The fraction of sp³-hybridized carbons (Fsp3) is 0.143. The van der Waals surface area contributed by atoms with Gasteiger partial charge in [0.1, 0.15) is 0 Å². The first-order valence-corrected chi connectivity index (χ1v) is 9.37. The van der Waals surface area contributed by atoms with Crippen LogP contribution in [-0.2, 0) is 7.05 Å². The fourth-order valence-electron chi connectivity index (χ4n) is 3.06. The number of fused-ring (bicyclic) bond motifs is 1. The van der Waals surface area contributed by atoms with Crippen molar-refractivity contribution in [2.75, 3.05) is 11.9 Å². The number of carbonyl (C=O) groups is 1. The maximum atomic E-state index is 12.2. The van der Waals surface area contributed by atoms with Gasteiger partial charge >= 0.3 is 0 Å². The van der Waals surface area contributed by atoms with Crippen LogP contribution in [0, 0.1) is 0 Å². The summed E-state index contributed by atoms with van der Waals surface area (Å²) in [4.78, 5) is 30.8. The van der Waals surface area contributed by atoms with E-state index in [2.05, 4.69) is 25.7 Å². The molecule has 0 fully saturated rings. The van der Waals surface area contributed by atoms with E-state index in [1.54, 1.807) is 42.2 Å². The average Bonchev–Trinajstić information content (AvgIpc) is 3.12. The molecule has 0 radical (unpaired) electrons. The van der Waals surface area contributed by atoms with Crippen molar-refractivity contribution in [3.05, 3.63) is 70.6 Å². The predicted octanol–water partition coefficient (Wildman–Crippen LogP) is 3.06. The molecule has 0 atom stereocenters. The number of alkyl halides is 2. The Labute approximate surface area is 174 Å². The van der Waals surface area contributed by atoms with E-state index in [9.17, 15) is 18.4 Å². The number of anilines is 2. The van der Waals surface area contributed by atoms with E-state index in [0.717, 1.165) is 11.1 Å². The van der Waals surface area contributed by atoms with Crippen molar-refractivity contribution < 1.29 is 13.6 Å². The van der Waals surface area contributed by atoms with E-state index in [1.807, 2.05) is 12.1 Å². The van der Waals surface area contributed by atoms with Crippen LogP contribution < -0.4 is 16.2 Å². The van der Waals surface area contributed by atoms with Crippen LogP contribution in [0.2, 0.25) is 0 Å². The Morgan fingerprint density at radius 1 is 1.16 bits per heavy atom. The second-order valence-corrected chi connectivity index (χ2v) is 6.79. The van der Waals surface area contributed by atoms with E-state index in [4.69, 9.17) is 0 Å². The summed E-state index contributed by atoms with van der Waals surface area (Å²) in [6.07, 6.45) is -1.01. The third-order valence-electron chi connectivity index (χ3n) is 4.61. The molecular weight excluding hydrogens is 406 g/mol. The third kappa shape index (κ3) is 4.42. The highest BCUT2D eigenvalue weighted by Gasteiger charge is 2.12. The molecule has 0 aliphatic carbocycles. The van der Waals surface area contributed by atoms with Crippen LogP contribution in [0.25, 0.3) is 22.2 Å². The van der Waals surface area contributed by atoms with Gasteiger partial charge in [0.25, 0.3) is 17.9 Å². The van der Waals surface area contributed by atoms with Crippen LogP contribution in [0.5, 0.6) is 0 Å². The van der Waals surface area contributed by atoms with Gasteiger partial charge < -0.3 is 15.6 Å². The Hall–Kier alpha value is -4.08. The molecule has 0 bridgehead atoms. The molecule has 4 aromatic rings. The maximum absolute atomic E-state index is 12.2. The minimum atomic E-state index is -2.60. The number of nitrogens with zero attached hydrogens (tertiary/aromatic N) is 3. The van der Waals surface area contributed by atoms with E-state index in [-0.39, 0.29) is 11.1 Å². The van der Waals surface area contributed by atoms with Crippen LogP contribution >= 0.6 is 0 Å². The van der Waals surface area contributed by atoms with Crippen molar-refractivity contribution in [3.63, 3.8) is 0 Å².